The summed E-state index contributed by atoms with van der Waals surface area (Å²) in [5, 5.41) is 4.02. The van der Waals surface area contributed by atoms with E-state index in [4.69, 9.17) is 4.98 Å². The summed E-state index contributed by atoms with van der Waals surface area (Å²) in [6, 6.07) is 12.0. The quantitative estimate of drug-likeness (QED) is 0.698. The molecule has 0 spiro atoms. The van der Waals surface area contributed by atoms with Crippen LogP contribution in [-0.2, 0) is 4.79 Å². The number of rotatable bonds is 3. The van der Waals surface area contributed by atoms with E-state index in [9.17, 15) is 4.79 Å². The van der Waals surface area contributed by atoms with Gasteiger partial charge >= 0.3 is 0 Å². The Labute approximate surface area is 150 Å². The molecule has 1 N–H and O–H groups in total. The molecule has 1 aliphatic rings. The molecule has 1 amide bonds. The SMILES string of the molecule is Cc1ccnc(NC(=O)C2CC=CCC2c2nc3ccccc3s2)c1. The topological polar surface area (TPSA) is 54.9 Å². The summed E-state index contributed by atoms with van der Waals surface area (Å²) in [7, 11) is 0. The number of hydrogen-bond acceptors (Lipinski definition) is 4. The first kappa shape index (κ1) is 16.0. The summed E-state index contributed by atoms with van der Waals surface area (Å²) >= 11 is 1.69. The van der Waals surface area contributed by atoms with E-state index in [0.29, 0.717) is 5.82 Å². The summed E-state index contributed by atoms with van der Waals surface area (Å²) in [6.45, 7) is 1.99. The molecule has 2 heterocycles. The van der Waals surface area contributed by atoms with Crippen LogP contribution >= 0.6 is 11.3 Å². The maximum atomic E-state index is 12.9. The molecular formula is C20H19N3OS. The molecule has 0 bridgehead atoms. The summed E-state index contributed by atoms with van der Waals surface area (Å²) in [5.41, 5.74) is 2.09. The third-order valence-electron chi connectivity index (χ3n) is 4.56. The Balaban J connectivity index is 1.60. The molecule has 0 fully saturated rings. The molecule has 4 rings (SSSR count). The van der Waals surface area contributed by atoms with Gasteiger partial charge in [0.1, 0.15) is 5.82 Å². The van der Waals surface area contributed by atoms with Crippen molar-refractivity contribution < 1.29 is 4.79 Å². The number of carbonyl (C=O) groups is 1. The molecule has 0 saturated heterocycles. The molecule has 25 heavy (non-hydrogen) atoms. The molecule has 0 radical (unpaired) electrons. The normalized spacial score (nSPS) is 19.9. The van der Waals surface area contributed by atoms with E-state index in [1.54, 1.807) is 17.5 Å². The third-order valence-corrected chi connectivity index (χ3v) is 5.73. The highest BCUT2D eigenvalue weighted by molar-refractivity contribution is 7.18. The fourth-order valence-corrected chi connectivity index (χ4v) is 4.40. The maximum absolute atomic E-state index is 12.9. The Bertz CT molecular complexity index is 914. The van der Waals surface area contributed by atoms with Gasteiger partial charge in [0.15, 0.2) is 0 Å². The second-order valence-corrected chi connectivity index (χ2v) is 7.45. The van der Waals surface area contributed by atoms with E-state index in [1.165, 1.54) is 4.70 Å². The minimum absolute atomic E-state index is 0.0201. The Morgan fingerprint density at radius 3 is 2.88 bits per heavy atom. The lowest BCUT2D eigenvalue weighted by molar-refractivity contribution is -0.120. The largest absolute Gasteiger partial charge is 0.310 e. The van der Waals surface area contributed by atoms with Gasteiger partial charge in [-0.05, 0) is 49.6 Å². The highest BCUT2D eigenvalue weighted by Crippen LogP contribution is 2.38. The van der Waals surface area contributed by atoms with Crippen LogP contribution in [0.3, 0.4) is 0 Å². The highest BCUT2D eigenvalue weighted by Gasteiger charge is 2.32. The van der Waals surface area contributed by atoms with Crippen molar-refractivity contribution in [2.45, 2.75) is 25.7 Å². The van der Waals surface area contributed by atoms with Gasteiger partial charge in [-0.3, -0.25) is 4.79 Å². The lowest BCUT2D eigenvalue weighted by Crippen LogP contribution is -2.29. The molecule has 126 valence electrons. The number of fused-ring (bicyclic) bond motifs is 1. The Kier molecular flexibility index (Phi) is 4.32. The van der Waals surface area contributed by atoms with Crippen LogP contribution in [0, 0.1) is 12.8 Å². The fraction of sp³-hybridized carbons (Fsp3) is 0.250. The first-order valence-electron chi connectivity index (χ1n) is 8.45. The van der Waals surface area contributed by atoms with Crippen LogP contribution in [0.25, 0.3) is 10.2 Å². The number of aromatic nitrogens is 2. The van der Waals surface area contributed by atoms with Gasteiger partial charge in [-0.15, -0.1) is 11.3 Å². The molecule has 3 aromatic rings. The fourth-order valence-electron chi connectivity index (χ4n) is 3.25. The van der Waals surface area contributed by atoms with Crippen LogP contribution in [-0.4, -0.2) is 15.9 Å². The van der Waals surface area contributed by atoms with Gasteiger partial charge in [-0.25, -0.2) is 9.97 Å². The molecule has 2 atom stereocenters. The van der Waals surface area contributed by atoms with Crippen LogP contribution in [0.2, 0.25) is 0 Å². The van der Waals surface area contributed by atoms with Crippen molar-refractivity contribution >= 4 is 33.3 Å². The molecule has 1 aliphatic carbocycles. The van der Waals surface area contributed by atoms with Gasteiger partial charge in [0, 0.05) is 12.1 Å². The standard InChI is InChI=1S/C20H19N3OS/c1-13-10-11-21-18(12-13)23-19(24)14-6-2-3-7-15(14)20-22-16-8-4-5-9-17(16)25-20/h2-5,8-12,14-15H,6-7H2,1H3,(H,21,23,24). The van der Waals surface area contributed by atoms with Gasteiger partial charge in [-0.1, -0.05) is 24.3 Å². The molecule has 2 unspecified atom stereocenters. The van der Waals surface area contributed by atoms with E-state index in [2.05, 4.69) is 28.5 Å². The predicted octanol–water partition coefficient (Wildman–Crippen LogP) is 4.69. The third kappa shape index (κ3) is 3.33. The number of carbonyl (C=O) groups excluding carboxylic acids is 1. The van der Waals surface area contributed by atoms with Crippen molar-refractivity contribution in [1.29, 1.82) is 0 Å². The van der Waals surface area contributed by atoms with Crippen molar-refractivity contribution in [1.82, 2.24) is 9.97 Å². The summed E-state index contributed by atoms with van der Waals surface area (Å²) in [5.74, 6) is 0.634. The summed E-state index contributed by atoms with van der Waals surface area (Å²) in [4.78, 5) is 21.9. The first-order chi connectivity index (χ1) is 12.2. The van der Waals surface area contributed by atoms with E-state index in [1.807, 2.05) is 37.3 Å². The number of benzene rings is 1. The van der Waals surface area contributed by atoms with Crippen LogP contribution in [0.15, 0.2) is 54.7 Å². The number of pyridine rings is 1. The molecule has 1 aromatic carbocycles. The Morgan fingerprint density at radius 2 is 2.04 bits per heavy atom. The molecule has 4 nitrogen and oxygen atoms in total. The zero-order valence-electron chi connectivity index (χ0n) is 14.0. The van der Waals surface area contributed by atoms with Gasteiger partial charge in [0.25, 0.3) is 0 Å². The number of thiazole rings is 1. The summed E-state index contributed by atoms with van der Waals surface area (Å²) in [6.07, 6.45) is 7.55. The van der Waals surface area contributed by atoms with Gasteiger partial charge < -0.3 is 5.32 Å². The van der Waals surface area contributed by atoms with Gasteiger partial charge in [-0.2, -0.15) is 0 Å². The lowest BCUT2D eigenvalue weighted by Gasteiger charge is -2.25. The van der Waals surface area contributed by atoms with Crippen LogP contribution in [0.4, 0.5) is 5.82 Å². The van der Waals surface area contributed by atoms with Crippen molar-refractivity contribution in [2.24, 2.45) is 5.92 Å². The van der Waals surface area contributed by atoms with Crippen LogP contribution in [0.5, 0.6) is 0 Å². The number of hydrogen-bond donors (Lipinski definition) is 1. The van der Waals surface area contributed by atoms with E-state index in [-0.39, 0.29) is 17.7 Å². The molecule has 5 heteroatoms. The van der Waals surface area contributed by atoms with E-state index in [0.717, 1.165) is 28.9 Å². The molecule has 0 aliphatic heterocycles. The number of para-hydroxylation sites is 1. The van der Waals surface area contributed by atoms with Crippen LogP contribution in [0.1, 0.15) is 29.3 Å². The second-order valence-electron chi connectivity index (χ2n) is 6.38. The Morgan fingerprint density at radius 1 is 1.20 bits per heavy atom. The highest BCUT2D eigenvalue weighted by atomic mass is 32.1. The van der Waals surface area contributed by atoms with E-state index < -0.39 is 0 Å². The van der Waals surface area contributed by atoms with Crippen molar-refractivity contribution in [3.8, 4) is 0 Å². The average Bonchev–Trinajstić information content (AvgIpc) is 3.06. The number of amides is 1. The number of nitrogens with one attached hydrogen (secondary N) is 1. The van der Waals surface area contributed by atoms with Crippen LogP contribution < -0.4 is 5.32 Å². The zero-order chi connectivity index (χ0) is 17.2. The maximum Gasteiger partial charge on any atom is 0.229 e. The van der Waals surface area contributed by atoms with Crippen molar-refractivity contribution in [3.05, 3.63) is 65.3 Å². The molecule has 0 saturated carbocycles. The average molecular weight is 349 g/mol. The minimum atomic E-state index is -0.118. The lowest BCUT2D eigenvalue weighted by atomic mass is 9.82. The second kappa shape index (κ2) is 6.76. The Hall–Kier alpha value is -2.53. The van der Waals surface area contributed by atoms with Crippen molar-refractivity contribution in [3.63, 3.8) is 0 Å². The number of aryl methyl sites for hydroxylation is 1. The summed E-state index contributed by atoms with van der Waals surface area (Å²) < 4.78 is 1.17. The van der Waals surface area contributed by atoms with E-state index >= 15 is 0 Å². The zero-order valence-corrected chi connectivity index (χ0v) is 14.8. The number of anilines is 1. The first-order valence-corrected chi connectivity index (χ1v) is 9.26. The monoisotopic (exact) mass is 349 g/mol. The van der Waals surface area contributed by atoms with Crippen molar-refractivity contribution in [2.75, 3.05) is 5.32 Å². The molecule has 2 aromatic heterocycles. The predicted molar refractivity (Wildman–Crippen MR) is 102 cm³/mol. The minimum Gasteiger partial charge on any atom is -0.310 e. The number of nitrogens with zero attached hydrogens (tertiary/aromatic N) is 2. The number of allylic oxidation sites excluding steroid dienone is 2. The smallest absolute Gasteiger partial charge is 0.229 e. The van der Waals surface area contributed by atoms with Gasteiger partial charge in [0.05, 0.1) is 21.1 Å². The molecular weight excluding hydrogens is 330 g/mol. The van der Waals surface area contributed by atoms with Gasteiger partial charge in [0.2, 0.25) is 5.91 Å².